The lowest BCUT2D eigenvalue weighted by Crippen LogP contribution is -2.18. The summed E-state index contributed by atoms with van der Waals surface area (Å²) < 4.78 is 5.57. The van der Waals surface area contributed by atoms with Crippen LogP contribution in [-0.2, 0) is 17.9 Å². The molecule has 0 aliphatic rings. The van der Waals surface area contributed by atoms with Crippen LogP contribution in [0.5, 0.6) is 0 Å². The first-order valence-electron chi connectivity index (χ1n) is 5.71. The molecule has 0 saturated heterocycles. The van der Waals surface area contributed by atoms with Crippen molar-refractivity contribution in [2.45, 2.75) is 20.1 Å². The number of hydrogen-bond acceptors (Lipinski definition) is 4. The number of rotatable bonds is 7. The average molecular weight is 267 g/mol. The van der Waals surface area contributed by atoms with Crippen molar-refractivity contribution in [1.82, 2.24) is 5.32 Å². The van der Waals surface area contributed by atoms with Crippen LogP contribution in [-0.4, -0.2) is 13.2 Å². The molecule has 2 aromatic heterocycles. The molecule has 0 bridgehead atoms. The van der Waals surface area contributed by atoms with E-state index in [1.165, 1.54) is 14.6 Å². The predicted molar refractivity (Wildman–Crippen MR) is 74.7 cm³/mol. The molecule has 0 aromatic carbocycles. The van der Waals surface area contributed by atoms with Gasteiger partial charge in [0.25, 0.3) is 0 Å². The van der Waals surface area contributed by atoms with Crippen molar-refractivity contribution in [3.63, 3.8) is 0 Å². The SMILES string of the molecule is Cc1ccc(CNCCOCc2cccs2)s1. The maximum Gasteiger partial charge on any atom is 0.0809 e. The normalized spacial score (nSPS) is 10.9. The minimum Gasteiger partial charge on any atom is -0.375 e. The van der Waals surface area contributed by atoms with Crippen LogP contribution in [0, 0.1) is 6.92 Å². The maximum atomic E-state index is 5.57. The molecule has 2 nitrogen and oxygen atoms in total. The van der Waals surface area contributed by atoms with Crippen molar-refractivity contribution >= 4 is 22.7 Å². The minimum absolute atomic E-state index is 0.734. The Labute approximate surface area is 110 Å². The standard InChI is InChI=1S/C13H17NOS2/c1-11-4-5-12(17-11)9-14-6-7-15-10-13-3-2-8-16-13/h2-5,8,14H,6-7,9-10H2,1H3. The van der Waals surface area contributed by atoms with Crippen LogP contribution in [0.4, 0.5) is 0 Å². The van der Waals surface area contributed by atoms with Crippen LogP contribution in [0.15, 0.2) is 29.6 Å². The monoisotopic (exact) mass is 267 g/mol. The Morgan fingerprint density at radius 2 is 2.18 bits per heavy atom. The number of hydrogen-bond donors (Lipinski definition) is 1. The zero-order valence-corrected chi connectivity index (χ0v) is 11.6. The molecule has 0 aliphatic heterocycles. The van der Waals surface area contributed by atoms with Crippen LogP contribution < -0.4 is 5.32 Å². The number of thiophene rings is 2. The van der Waals surface area contributed by atoms with Crippen LogP contribution in [0.2, 0.25) is 0 Å². The molecule has 0 atom stereocenters. The van der Waals surface area contributed by atoms with Crippen LogP contribution >= 0.6 is 22.7 Å². The average Bonchev–Trinajstić information content (AvgIpc) is 2.95. The fraction of sp³-hybridized carbons (Fsp3) is 0.385. The van der Waals surface area contributed by atoms with Crippen molar-refractivity contribution in [2.24, 2.45) is 0 Å². The lowest BCUT2D eigenvalue weighted by molar-refractivity contribution is 0.124. The molecule has 17 heavy (non-hydrogen) atoms. The van der Waals surface area contributed by atoms with Gasteiger partial charge in [-0.15, -0.1) is 22.7 Å². The fourth-order valence-corrected chi connectivity index (χ4v) is 3.00. The third-order valence-electron chi connectivity index (χ3n) is 2.34. The zero-order valence-electron chi connectivity index (χ0n) is 9.94. The Balaban J connectivity index is 1.52. The van der Waals surface area contributed by atoms with Gasteiger partial charge in [0.2, 0.25) is 0 Å². The van der Waals surface area contributed by atoms with Gasteiger partial charge < -0.3 is 10.1 Å². The molecule has 2 rings (SSSR count). The van der Waals surface area contributed by atoms with E-state index >= 15 is 0 Å². The van der Waals surface area contributed by atoms with Gasteiger partial charge in [0.15, 0.2) is 0 Å². The number of aryl methyl sites for hydroxylation is 1. The van der Waals surface area contributed by atoms with Gasteiger partial charge in [-0.2, -0.15) is 0 Å². The molecular weight excluding hydrogens is 250 g/mol. The summed E-state index contributed by atoms with van der Waals surface area (Å²) in [5, 5.41) is 5.46. The highest BCUT2D eigenvalue weighted by atomic mass is 32.1. The van der Waals surface area contributed by atoms with Gasteiger partial charge in [-0.3, -0.25) is 0 Å². The Morgan fingerprint density at radius 1 is 1.24 bits per heavy atom. The summed E-state index contributed by atoms with van der Waals surface area (Å²) >= 11 is 3.59. The first-order valence-corrected chi connectivity index (χ1v) is 7.40. The first-order chi connectivity index (χ1) is 8.34. The number of nitrogens with one attached hydrogen (secondary N) is 1. The smallest absolute Gasteiger partial charge is 0.0809 e. The van der Waals surface area contributed by atoms with E-state index in [-0.39, 0.29) is 0 Å². The Bertz CT molecular complexity index is 422. The molecule has 0 fully saturated rings. The Morgan fingerprint density at radius 3 is 2.88 bits per heavy atom. The van der Waals surface area contributed by atoms with E-state index in [2.05, 4.69) is 41.9 Å². The fourth-order valence-electron chi connectivity index (χ4n) is 1.50. The predicted octanol–water partition coefficient (Wildman–Crippen LogP) is 3.42. The van der Waals surface area contributed by atoms with Crippen LogP contribution in [0.25, 0.3) is 0 Å². The topological polar surface area (TPSA) is 21.3 Å². The molecule has 0 radical (unpaired) electrons. The van der Waals surface area contributed by atoms with E-state index in [0.717, 1.165) is 26.3 Å². The summed E-state index contributed by atoms with van der Waals surface area (Å²) in [6.07, 6.45) is 0. The van der Waals surface area contributed by atoms with E-state index in [0.29, 0.717) is 0 Å². The third kappa shape index (κ3) is 4.60. The maximum absolute atomic E-state index is 5.57. The van der Waals surface area contributed by atoms with E-state index < -0.39 is 0 Å². The molecule has 2 heterocycles. The van der Waals surface area contributed by atoms with Crippen molar-refractivity contribution < 1.29 is 4.74 Å². The molecule has 0 spiro atoms. The lowest BCUT2D eigenvalue weighted by atomic mass is 10.4. The van der Waals surface area contributed by atoms with Crippen molar-refractivity contribution in [3.05, 3.63) is 44.3 Å². The largest absolute Gasteiger partial charge is 0.375 e. The van der Waals surface area contributed by atoms with Crippen LogP contribution in [0.1, 0.15) is 14.6 Å². The second-order valence-electron chi connectivity index (χ2n) is 3.82. The Kier molecular flexibility index (Phi) is 5.19. The van der Waals surface area contributed by atoms with Gasteiger partial charge in [-0.05, 0) is 30.5 Å². The molecule has 0 amide bonds. The van der Waals surface area contributed by atoms with Crippen LogP contribution in [0.3, 0.4) is 0 Å². The minimum atomic E-state index is 0.734. The highest BCUT2D eigenvalue weighted by Crippen LogP contribution is 2.14. The summed E-state index contributed by atoms with van der Waals surface area (Å²) in [4.78, 5) is 4.05. The summed E-state index contributed by atoms with van der Waals surface area (Å²) in [5.74, 6) is 0. The lowest BCUT2D eigenvalue weighted by Gasteiger charge is -2.04. The van der Waals surface area contributed by atoms with Gasteiger partial charge in [0.1, 0.15) is 0 Å². The van der Waals surface area contributed by atoms with Gasteiger partial charge >= 0.3 is 0 Å². The molecule has 0 aliphatic carbocycles. The molecular formula is C13H17NOS2. The summed E-state index contributed by atoms with van der Waals surface area (Å²) in [7, 11) is 0. The molecule has 0 saturated carbocycles. The van der Waals surface area contributed by atoms with Gasteiger partial charge in [-0.1, -0.05) is 6.07 Å². The molecule has 92 valence electrons. The first kappa shape index (κ1) is 12.8. The number of ether oxygens (including phenoxy) is 1. The summed E-state index contributed by atoms with van der Waals surface area (Å²) in [6.45, 7) is 5.49. The highest BCUT2D eigenvalue weighted by molar-refractivity contribution is 7.11. The van der Waals surface area contributed by atoms with Crippen molar-refractivity contribution in [2.75, 3.05) is 13.2 Å². The van der Waals surface area contributed by atoms with E-state index in [9.17, 15) is 0 Å². The quantitative estimate of drug-likeness (QED) is 0.776. The van der Waals surface area contributed by atoms with Gasteiger partial charge in [-0.25, -0.2) is 0 Å². The zero-order chi connectivity index (χ0) is 11.9. The highest BCUT2D eigenvalue weighted by Gasteiger charge is 1.96. The van der Waals surface area contributed by atoms with E-state index in [1.807, 2.05) is 11.3 Å². The third-order valence-corrected chi connectivity index (χ3v) is 4.19. The second-order valence-corrected chi connectivity index (χ2v) is 6.23. The Hall–Kier alpha value is -0.680. The van der Waals surface area contributed by atoms with Crippen molar-refractivity contribution in [3.8, 4) is 0 Å². The van der Waals surface area contributed by atoms with Gasteiger partial charge in [0, 0.05) is 27.7 Å². The molecule has 1 N–H and O–H groups in total. The molecule has 4 heteroatoms. The molecule has 2 aromatic rings. The molecule has 0 unspecified atom stereocenters. The second kappa shape index (κ2) is 6.91. The van der Waals surface area contributed by atoms with Crippen molar-refractivity contribution in [1.29, 1.82) is 0 Å². The summed E-state index contributed by atoms with van der Waals surface area (Å²) in [5.41, 5.74) is 0. The summed E-state index contributed by atoms with van der Waals surface area (Å²) in [6, 6.07) is 8.50. The van der Waals surface area contributed by atoms with E-state index in [4.69, 9.17) is 4.74 Å². The van der Waals surface area contributed by atoms with E-state index in [1.54, 1.807) is 11.3 Å². The van der Waals surface area contributed by atoms with Gasteiger partial charge in [0.05, 0.1) is 13.2 Å².